The van der Waals surface area contributed by atoms with Crippen molar-refractivity contribution in [3.8, 4) is 0 Å². The summed E-state index contributed by atoms with van der Waals surface area (Å²) in [6, 6.07) is -8.21. The Bertz CT molecular complexity index is 3950. The highest BCUT2D eigenvalue weighted by Gasteiger charge is 2.64. The Kier molecular flexibility index (Phi) is 41.8. The number of carbonyl (C=O) groups is 4. The van der Waals surface area contributed by atoms with Gasteiger partial charge in [-0.3, -0.25) is 19.2 Å². The molecule has 12 fully saturated rings. The van der Waals surface area contributed by atoms with Crippen LogP contribution in [0.3, 0.4) is 0 Å². The first-order valence-corrected chi connectivity index (χ1v) is 45.9. The van der Waals surface area contributed by atoms with Crippen molar-refractivity contribution in [1.82, 2.24) is 21.3 Å². The van der Waals surface area contributed by atoms with Crippen molar-refractivity contribution in [2.24, 2.45) is 0 Å². The van der Waals surface area contributed by atoms with Crippen molar-refractivity contribution >= 4 is 23.6 Å². The molecule has 0 radical (unpaired) electrons. The van der Waals surface area contributed by atoms with E-state index in [4.69, 9.17) is 109 Å². The smallest absolute Gasteiger partial charge is 0.217 e. The minimum Gasteiger partial charge on any atom is -0.394 e. The van der Waals surface area contributed by atoms with E-state index in [-0.39, 0.29) is 0 Å². The molecule has 36 N–H and O–H groups in total. The van der Waals surface area contributed by atoms with Crippen molar-refractivity contribution in [2.75, 3.05) is 66.1 Å². The van der Waals surface area contributed by atoms with E-state index in [1.54, 1.807) is 0 Å². The number of carbonyl (C=O) groups excluding carboxylic acids is 4. The van der Waals surface area contributed by atoms with Crippen LogP contribution in [-0.2, 0) is 128 Å². The van der Waals surface area contributed by atoms with E-state index in [1.807, 2.05) is 0 Å². The topological polar surface area (TPSA) is 976 Å². The van der Waals surface area contributed by atoms with Crippen LogP contribution in [0.1, 0.15) is 41.5 Å². The SMILES string of the molecule is CC(=O)N[C@H]1[C@H](OC[C@H]2O[C@@H](O[C@H]3[C@H](O)[C@@H](O)C(O)O[C@@H]3CO)[C@H](O)[C@@H](O[C@@H]3O[C@H](CO)[C@@H](O[C@@H]4O[C@@H](C)[C@@H](O)[C@@H](O)[C@@H]4O)[C@H](O[C@@H]4O[C@H](CO)[C@H](O)[C@H](O)[C@H]4O)[C@H]3NC(C)=O)[C@H]2O)O[C@H](CO)[C@@H](O[C@@H]2O[C@H](CO[C@@H]3O[C@H](CO)[C@@H](O[C@@H]4O[C@H](CO)[C@H](O)[C@H](O)[C@H]4O)[C@H](O[C@@H]4O[C@@H](C)[C@@H](O)[C@@H](O)[C@@H]4O)[C@H]3NC(C)=O)[C@H](O)[C@H](O[C@@H]3O[C@H](CO)[C@@H](O)[C@H](O[C@@H]4O[C@H](CO)[C@H](O)[C@H](O)[C@H]4O)[C@H]3NC(C)=O)[C@H]2O)[C@@H]1O. The number of hydrogen-bond donors (Lipinski definition) is 36. The van der Waals surface area contributed by atoms with Gasteiger partial charge in [-0.2, -0.15) is 0 Å². The van der Waals surface area contributed by atoms with Gasteiger partial charge >= 0.3 is 0 Å². The summed E-state index contributed by atoms with van der Waals surface area (Å²) >= 11 is 0. The molecule has 0 spiro atoms. The molecule has 828 valence electrons. The summed E-state index contributed by atoms with van der Waals surface area (Å²) in [6.45, 7) is -5.69. The lowest BCUT2D eigenvalue weighted by atomic mass is 9.93. The molecule has 0 aliphatic carbocycles. The molecule has 12 aliphatic rings. The van der Waals surface area contributed by atoms with Gasteiger partial charge in [0.2, 0.25) is 23.6 Å². The highest BCUT2D eigenvalue weighted by Crippen LogP contribution is 2.43. The van der Waals surface area contributed by atoms with Crippen LogP contribution < -0.4 is 21.3 Å². The van der Waals surface area contributed by atoms with Crippen molar-refractivity contribution in [2.45, 2.75) is 410 Å². The molecule has 60 atom stereocenters. The van der Waals surface area contributed by atoms with Crippen LogP contribution >= 0.6 is 0 Å². The van der Waals surface area contributed by atoms with Gasteiger partial charge in [0.05, 0.1) is 78.3 Å². The highest BCUT2D eigenvalue weighted by atomic mass is 16.8. The first-order valence-electron chi connectivity index (χ1n) is 45.9. The molecule has 4 amide bonds. The number of aliphatic hydroxyl groups is 32. The van der Waals surface area contributed by atoms with E-state index in [0.29, 0.717) is 0 Å². The third kappa shape index (κ3) is 25.8. The van der Waals surface area contributed by atoms with Crippen LogP contribution in [-0.4, -0.2) is 621 Å². The number of aliphatic hydroxyl groups excluding tert-OH is 32. The summed E-state index contributed by atoms with van der Waals surface area (Å²) in [7, 11) is 0. The Morgan fingerprint density at radius 2 is 0.427 bits per heavy atom. The molecular weight excluding hydrogens is 1960 g/mol. The number of nitrogens with one attached hydrogen (secondary N) is 4. The van der Waals surface area contributed by atoms with Gasteiger partial charge in [0.1, 0.15) is 281 Å². The molecule has 1 unspecified atom stereocenters. The van der Waals surface area contributed by atoms with Gasteiger partial charge in [-0.05, 0) is 13.8 Å². The predicted octanol–water partition coefficient (Wildman–Crippen LogP) is -24.5. The first-order chi connectivity index (χ1) is 67.6. The standard InChI is InChI=1S/C80H134N4O59/c1-17-37(97)46(106)53(113)74(123-17)137-63-30(14-92)132-73(36(84-22(6)96)66(63)141-78-57(117)50(110)41(101)25(9-87)129-78)143-68-43(103)31(134-80(59(68)119)136-61-27(11-89)125-69(120)52(112)51(61)111)15-121-70-33(81-19(3)93)45(105)60(28(12-90)130-70)135-79-58(118)67(142-72-34(82-20(4)94)64(42(102)26(10-88)126-72)139-77-56(116)49(109)40(100)24(8-86)128-77)44(104)32(133-79)16-122-71-35(83-21(5)95)65(140-75-54(114)47(107)38(98)18(2)124-75)62(29(13-91)131-71)138-76-55(115)48(108)39(99)23(7-85)127-76/h17-18,23-80,85-92,97-120H,7-16H2,1-6H3,(H,81,93)(H,82,94)(H,83,95)(H,84,96)/t17-,18-,23+,24+,25+,26+,27+,28+,29+,30+,31+,32+,33+,34+,35+,36+,37+,38+,39-,40-,41-,42+,43-,44-,45+,46+,47+,48-,49-,50-,51+,52+,53-,54-,55+,56+,57+,58+,59+,60+,61+,62+,63+,64+,65+,66+,67-,68-,69?,70+,71+,72-,73-,74-,75-,76-,77-,78-,79-,80-/m0/s1. The number of amides is 4. The first kappa shape index (κ1) is 117. The Morgan fingerprint density at radius 1 is 0.196 bits per heavy atom. The lowest BCUT2D eigenvalue weighted by Gasteiger charge is -2.52. The van der Waals surface area contributed by atoms with Crippen LogP contribution in [0.2, 0.25) is 0 Å². The predicted molar refractivity (Wildman–Crippen MR) is 439 cm³/mol. The average Bonchev–Trinajstić information content (AvgIpc) is 0.767. The summed E-state index contributed by atoms with van der Waals surface area (Å²) in [5, 5.41) is 368. The molecule has 0 bridgehead atoms. The van der Waals surface area contributed by atoms with E-state index >= 15 is 0 Å². The second-order valence-electron chi connectivity index (χ2n) is 36.6. The molecule has 63 nitrogen and oxygen atoms in total. The van der Waals surface area contributed by atoms with E-state index in [0.717, 1.165) is 27.7 Å². The van der Waals surface area contributed by atoms with Crippen molar-refractivity contribution in [3.63, 3.8) is 0 Å². The molecule has 0 aromatic carbocycles. The van der Waals surface area contributed by atoms with Crippen LogP contribution in [0.15, 0.2) is 0 Å². The summed E-state index contributed by atoms with van der Waals surface area (Å²) in [4.78, 5) is 54.1. The number of rotatable bonds is 36. The van der Waals surface area contributed by atoms with Crippen molar-refractivity contribution in [3.05, 3.63) is 0 Å². The maximum absolute atomic E-state index is 13.6. The quantitative estimate of drug-likeness (QED) is 0.0277. The van der Waals surface area contributed by atoms with Gasteiger partial charge in [-0.15, -0.1) is 0 Å². The summed E-state index contributed by atoms with van der Waals surface area (Å²) in [6.07, 6.45) is -119. The Labute approximate surface area is 809 Å². The fraction of sp³-hybridized carbons (Fsp3) is 0.950. The van der Waals surface area contributed by atoms with Gasteiger partial charge < -0.3 is 294 Å². The molecule has 0 aromatic rings. The minimum atomic E-state index is -2.63. The Balaban J connectivity index is 0.881. The van der Waals surface area contributed by atoms with Crippen LogP contribution in [0.5, 0.6) is 0 Å². The zero-order valence-corrected chi connectivity index (χ0v) is 77.0. The second kappa shape index (κ2) is 51.0. The molecule has 12 rings (SSSR count). The minimum absolute atomic E-state index is 0.874. The highest BCUT2D eigenvalue weighted by molar-refractivity contribution is 5.74. The van der Waals surface area contributed by atoms with Crippen LogP contribution in [0, 0.1) is 0 Å². The third-order valence-corrected chi connectivity index (χ3v) is 26.6. The fourth-order valence-electron chi connectivity index (χ4n) is 18.7. The molecule has 143 heavy (non-hydrogen) atoms. The lowest BCUT2D eigenvalue weighted by Crippen LogP contribution is -2.71. The number of ether oxygens (including phenoxy) is 23. The summed E-state index contributed by atoms with van der Waals surface area (Å²) < 4.78 is 139. The van der Waals surface area contributed by atoms with E-state index in [9.17, 15) is 183 Å². The summed E-state index contributed by atoms with van der Waals surface area (Å²) in [5.41, 5.74) is 0. The monoisotopic (exact) mass is 2090 g/mol. The zero-order chi connectivity index (χ0) is 105. The van der Waals surface area contributed by atoms with Gasteiger partial charge in [-0.25, -0.2) is 0 Å². The molecule has 12 saturated heterocycles. The Morgan fingerprint density at radius 3 is 0.783 bits per heavy atom. The molecular formula is C80H134N4O59. The van der Waals surface area contributed by atoms with Gasteiger partial charge in [0, 0.05) is 27.7 Å². The zero-order valence-electron chi connectivity index (χ0n) is 77.0. The largest absolute Gasteiger partial charge is 0.394 e. The van der Waals surface area contributed by atoms with Gasteiger partial charge in [0.25, 0.3) is 0 Å². The Hall–Kier alpha value is -4.32. The second-order valence-corrected chi connectivity index (χ2v) is 36.6. The molecule has 63 heteroatoms. The molecule has 12 aliphatic heterocycles. The van der Waals surface area contributed by atoms with E-state index in [1.165, 1.54) is 13.8 Å². The molecule has 0 saturated carbocycles. The van der Waals surface area contributed by atoms with Crippen molar-refractivity contribution < 1.29 is 292 Å². The lowest BCUT2D eigenvalue weighted by molar-refractivity contribution is -0.394. The number of hydrogen-bond acceptors (Lipinski definition) is 59. The molecule has 0 aromatic heterocycles. The van der Waals surface area contributed by atoms with Crippen LogP contribution in [0.25, 0.3) is 0 Å². The average molecular weight is 2100 g/mol. The normalized spacial score (nSPS) is 50.7. The molecule has 12 heterocycles. The third-order valence-electron chi connectivity index (χ3n) is 26.6. The van der Waals surface area contributed by atoms with E-state index in [2.05, 4.69) is 21.3 Å². The fourth-order valence-corrected chi connectivity index (χ4v) is 18.7. The maximum atomic E-state index is 13.6. The summed E-state index contributed by atoms with van der Waals surface area (Å²) in [5.74, 6) is -4.13. The maximum Gasteiger partial charge on any atom is 0.217 e. The van der Waals surface area contributed by atoms with Crippen molar-refractivity contribution in [1.29, 1.82) is 0 Å². The van der Waals surface area contributed by atoms with Gasteiger partial charge in [-0.1, -0.05) is 0 Å². The van der Waals surface area contributed by atoms with Crippen LogP contribution in [0.4, 0.5) is 0 Å². The van der Waals surface area contributed by atoms with E-state index < -0.39 is 458 Å². The van der Waals surface area contributed by atoms with Gasteiger partial charge in [0.15, 0.2) is 75.5 Å².